The van der Waals surface area contributed by atoms with Crippen LogP contribution in [0, 0.1) is 18.3 Å². The van der Waals surface area contributed by atoms with Crippen molar-refractivity contribution in [3.05, 3.63) is 66.0 Å². The molecule has 25 heavy (non-hydrogen) atoms. The minimum Gasteiger partial charge on any atom is -0.484 e. The van der Waals surface area contributed by atoms with Crippen LogP contribution in [0.2, 0.25) is 0 Å². The lowest BCUT2D eigenvalue weighted by molar-refractivity contribution is -0.118. The molecule has 0 aliphatic rings. The van der Waals surface area contributed by atoms with Crippen molar-refractivity contribution in [3.8, 4) is 17.6 Å². The number of aromatic nitrogens is 3. The second kappa shape index (κ2) is 7.27. The largest absolute Gasteiger partial charge is 0.484 e. The fraction of sp³-hybridized carbons (Fsp3) is 0.111. The van der Waals surface area contributed by atoms with Crippen LogP contribution in [0.5, 0.6) is 5.75 Å². The van der Waals surface area contributed by atoms with Gasteiger partial charge >= 0.3 is 0 Å². The first-order chi connectivity index (χ1) is 12.2. The van der Waals surface area contributed by atoms with Crippen molar-refractivity contribution in [2.24, 2.45) is 0 Å². The van der Waals surface area contributed by atoms with Crippen LogP contribution in [0.15, 0.2) is 54.9 Å². The number of nitrogens with zero attached hydrogens (tertiary/aromatic N) is 4. The molecule has 124 valence electrons. The van der Waals surface area contributed by atoms with Gasteiger partial charge in [0.15, 0.2) is 18.2 Å². The monoisotopic (exact) mass is 333 g/mol. The van der Waals surface area contributed by atoms with Crippen molar-refractivity contribution in [2.45, 2.75) is 6.92 Å². The predicted molar refractivity (Wildman–Crippen MR) is 91.4 cm³/mol. The summed E-state index contributed by atoms with van der Waals surface area (Å²) in [6, 6.07) is 14.7. The van der Waals surface area contributed by atoms with Gasteiger partial charge in [0.2, 0.25) is 0 Å². The fourth-order valence-corrected chi connectivity index (χ4v) is 2.23. The number of nitrogens with one attached hydrogen (secondary N) is 1. The smallest absolute Gasteiger partial charge is 0.263 e. The Bertz CT molecular complexity index is 928. The molecule has 1 amide bonds. The van der Waals surface area contributed by atoms with Gasteiger partial charge in [-0.15, -0.1) is 0 Å². The number of aryl methyl sites for hydroxylation is 1. The van der Waals surface area contributed by atoms with Gasteiger partial charge in [0.1, 0.15) is 17.4 Å². The Morgan fingerprint density at radius 2 is 2.20 bits per heavy atom. The first-order valence-electron chi connectivity index (χ1n) is 7.56. The highest BCUT2D eigenvalue weighted by atomic mass is 16.5. The van der Waals surface area contributed by atoms with E-state index in [2.05, 4.69) is 15.4 Å². The molecule has 2 heterocycles. The van der Waals surface area contributed by atoms with E-state index in [1.165, 1.54) is 10.9 Å². The van der Waals surface area contributed by atoms with E-state index in [-0.39, 0.29) is 18.0 Å². The second-order valence-corrected chi connectivity index (χ2v) is 5.27. The van der Waals surface area contributed by atoms with Crippen LogP contribution in [-0.2, 0) is 4.79 Å². The molecule has 0 saturated heterocycles. The van der Waals surface area contributed by atoms with E-state index in [1.54, 1.807) is 30.5 Å². The molecular weight excluding hydrogens is 318 g/mol. The van der Waals surface area contributed by atoms with Gasteiger partial charge in [0.05, 0.1) is 6.20 Å². The lowest BCUT2D eigenvalue weighted by Crippen LogP contribution is -2.22. The third-order valence-corrected chi connectivity index (χ3v) is 3.37. The number of hydrogen-bond donors (Lipinski definition) is 1. The fourth-order valence-electron chi connectivity index (χ4n) is 2.23. The highest BCUT2D eigenvalue weighted by Gasteiger charge is 2.16. The Kier molecular flexibility index (Phi) is 4.72. The number of carbonyl (C=O) groups excluding carboxylic acids is 1. The van der Waals surface area contributed by atoms with Crippen LogP contribution in [0.25, 0.3) is 5.82 Å². The minimum absolute atomic E-state index is 0.179. The Morgan fingerprint density at radius 1 is 1.32 bits per heavy atom. The maximum absolute atomic E-state index is 12.2. The molecule has 3 rings (SSSR count). The minimum atomic E-state index is -0.393. The summed E-state index contributed by atoms with van der Waals surface area (Å²) in [6.45, 7) is 1.76. The Balaban J connectivity index is 1.75. The van der Waals surface area contributed by atoms with Crippen molar-refractivity contribution in [2.75, 3.05) is 11.9 Å². The van der Waals surface area contributed by atoms with E-state index in [1.807, 2.05) is 31.2 Å². The van der Waals surface area contributed by atoms with Gasteiger partial charge in [0.25, 0.3) is 5.91 Å². The van der Waals surface area contributed by atoms with Crippen molar-refractivity contribution in [1.29, 1.82) is 5.26 Å². The topological polar surface area (TPSA) is 92.8 Å². The van der Waals surface area contributed by atoms with E-state index in [4.69, 9.17) is 4.74 Å². The summed E-state index contributed by atoms with van der Waals surface area (Å²) in [4.78, 5) is 16.4. The van der Waals surface area contributed by atoms with Gasteiger partial charge in [-0.25, -0.2) is 4.98 Å². The summed E-state index contributed by atoms with van der Waals surface area (Å²) in [7, 11) is 0. The van der Waals surface area contributed by atoms with Gasteiger partial charge in [-0.2, -0.15) is 15.0 Å². The molecule has 0 unspecified atom stereocenters. The Morgan fingerprint density at radius 3 is 2.92 bits per heavy atom. The molecule has 3 aromatic rings. The van der Waals surface area contributed by atoms with E-state index in [0.717, 1.165) is 5.56 Å². The summed E-state index contributed by atoms with van der Waals surface area (Å²) in [5.41, 5.74) is 1.28. The summed E-state index contributed by atoms with van der Waals surface area (Å²) < 4.78 is 6.88. The van der Waals surface area contributed by atoms with Crippen molar-refractivity contribution in [1.82, 2.24) is 14.8 Å². The van der Waals surface area contributed by atoms with E-state index < -0.39 is 5.91 Å². The molecule has 1 N–H and O–H groups in total. The molecule has 0 fully saturated rings. The molecule has 7 nitrogen and oxygen atoms in total. The van der Waals surface area contributed by atoms with E-state index >= 15 is 0 Å². The molecule has 0 aliphatic carbocycles. The zero-order chi connectivity index (χ0) is 17.6. The number of carbonyl (C=O) groups is 1. The summed E-state index contributed by atoms with van der Waals surface area (Å²) in [5, 5.41) is 16.0. The molecule has 0 saturated carbocycles. The van der Waals surface area contributed by atoms with Gasteiger partial charge in [0, 0.05) is 6.20 Å². The molecule has 7 heteroatoms. The number of amides is 1. The highest BCUT2D eigenvalue weighted by molar-refractivity contribution is 5.92. The maximum atomic E-state index is 12.2. The quantitative estimate of drug-likeness (QED) is 0.774. The van der Waals surface area contributed by atoms with Crippen LogP contribution in [0.3, 0.4) is 0 Å². The molecule has 0 bridgehead atoms. The van der Waals surface area contributed by atoms with Gasteiger partial charge in [-0.3, -0.25) is 4.79 Å². The van der Waals surface area contributed by atoms with Crippen molar-refractivity contribution >= 4 is 11.7 Å². The first kappa shape index (κ1) is 16.2. The van der Waals surface area contributed by atoms with Crippen LogP contribution in [-0.4, -0.2) is 27.3 Å². The third kappa shape index (κ3) is 3.82. The summed E-state index contributed by atoms with van der Waals surface area (Å²) in [6.07, 6.45) is 2.99. The number of nitriles is 1. The van der Waals surface area contributed by atoms with Crippen molar-refractivity contribution in [3.63, 3.8) is 0 Å². The number of benzene rings is 1. The van der Waals surface area contributed by atoms with Gasteiger partial charge in [-0.1, -0.05) is 18.2 Å². The second-order valence-electron chi connectivity index (χ2n) is 5.27. The van der Waals surface area contributed by atoms with E-state index in [0.29, 0.717) is 11.6 Å². The third-order valence-electron chi connectivity index (χ3n) is 3.37. The van der Waals surface area contributed by atoms with Crippen LogP contribution in [0.4, 0.5) is 5.82 Å². The zero-order valence-electron chi connectivity index (χ0n) is 13.5. The van der Waals surface area contributed by atoms with Crippen molar-refractivity contribution < 1.29 is 9.53 Å². The SMILES string of the molecule is Cc1cccc(OCC(=O)Nc2c(C#N)cnn2-c2ccccn2)c1. The van der Waals surface area contributed by atoms with E-state index in [9.17, 15) is 10.1 Å². The molecule has 0 atom stereocenters. The predicted octanol–water partition coefficient (Wildman–Crippen LogP) is 2.46. The standard InChI is InChI=1S/C18H15N5O2/c1-13-5-4-6-15(9-13)25-12-17(24)22-18-14(10-19)11-21-23(18)16-7-2-3-8-20-16/h2-9,11H,12H2,1H3,(H,22,24). The Labute approximate surface area is 144 Å². The lowest BCUT2D eigenvalue weighted by atomic mass is 10.2. The summed E-state index contributed by atoms with van der Waals surface area (Å²) >= 11 is 0. The molecular formula is C18H15N5O2. The molecule has 0 radical (unpaired) electrons. The molecule has 0 aliphatic heterocycles. The number of anilines is 1. The molecule has 2 aromatic heterocycles. The van der Waals surface area contributed by atoms with Gasteiger partial charge < -0.3 is 10.1 Å². The highest BCUT2D eigenvalue weighted by Crippen LogP contribution is 2.18. The molecule has 0 spiro atoms. The van der Waals surface area contributed by atoms with Crippen LogP contribution in [0.1, 0.15) is 11.1 Å². The number of rotatable bonds is 5. The molecule has 1 aromatic carbocycles. The van der Waals surface area contributed by atoms with Crippen LogP contribution >= 0.6 is 0 Å². The number of pyridine rings is 1. The number of hydrogen-bond acceptors (Lipinski definition) is 5. The van der Waals surface area contributed by atoms with Gasteiger partial charge in [-0.05, 0) is 36.8 Å². The average Bonchev–Trinajstić information content (AvgIpc) is 3.03. The first-order valence-corrected chi connectivity index (χ1v) is 7.56. The number of ether oxygens (including phenoxy) is 1. The summed E-state index contributed by atoms with van der Waals surface area (Å²) in [5.74, 6) is 0.975. The normalized spacial score (nSPS) is 10.1. The Hall–Kier alpha value is -3.66. The zero-order valence-corrected chi connectivity index (χ0v) is 13.5. The lowest BCUT2D eigenvalue weighted by Gasteiger charge is -2.10. The van der Waals surface area contributed by atoms with Crippen LogP contribution < -0.4 is 10.1 Å². The maximum Gasteiger partial charge on any atom is 0.263 e. The average molecular weight is 333 g/mol.